The summed E-state index contributed by atoms with van der Waals surface area (Å²) in [6, 6.07) is 0. The summed E-state index contributed by atoms with van der Waals surface area (Å²) < 4.78 is 0. The van der Waals surface area contributed by atoms with Crippen molar-refractivity contribution in [3.63, 3.8) is 0 Å². The summed E-state index contributed by atoms with van der Waals surface area (Å²) in [6.45, 7) is 11.4. The first-order valence-electron chi connectivity index (χ1n) is 9.43. The number of hydrogen-bond donors (Lipinski definition) is 0. The zero-order chi connectivity index (χ0) is 16.1. The summed E-state index contributed by atoms with van der Waals surface area (Å²) in [5, 5.41) is 0. The minimum absolute atomic E-state index is 0.405. The van der Waals surface area contributed by atoms with Crippen LogP contribution in [-0.2, 0) is 4.79 Å². The quantitative estimate of drug-likeness (QED) is 0.774. The van der Waals surface area contributed by atoms with Crippen LogP contribution in [0.3, 0.4) is 0 Å². The Morgan fingerprint density at radius 2 is 1.50 bits per heavy atom. The lowest BCUT2D eigenvalue weighted by molar-refractivity contribution is -0.133. The highest BCUT2D eigenvalue weighted by atomic mass is 16.2. The standard InChI is InChI=1S/C19H36N2O/c1-15(2)17-9-13-21(14-10-17)19(22)6-5-16(3)18-7-11-20(4)12-8-18/h15-18H,5-14H2,1-4H3. The van der Waals surface area contributed by atoms with E-state index in [1.165, 1.54) is 38.8 Å². The molecule has 2 heterocycles. The fraction of sp³-hybridized carbons (Fsp3) is 0.947. The zero-order valence-electron chi connectivity index (χ0n) is 15.2. The van der Waals surface area contributed by atoms with Gasteiger partial charge in [0.15, 0.2) is 0 Å². The van der Waals surface area contributed by atoms with Crippen molar-refractivity contribution in [2.45, 2.75) is 59.3 Å². The maximum absolute atomic E-state index is 12.4. The highest BCUT2D eigenvalue weighted by Gasteiger charge is 2.26. The molecule has 0 radical (unpaired) electrons. The Morgan fingerprint density at radius 1 is 0.955 bits per heavy atom. The van der Waals surface area contributed by atoms with E-state index < -0.39 is 0 Å². The Bertz CT molecular complexity index is 339. The SMILES string of the molecule is CC(C)C1CCN(C(=O)CCC(C)C2CCN(C)CC2)CC1. The summed E-state index contributed by atoms with van der Waals surface area (Å²) in [6.07, 6.45) is 6.87. The molecule has 0 aromatic rings. The second kappa shape index (κ2) is 8.33. The molecule has 2 rings (SSSR count). The first kappa shape index (κ1) is 17.8. The number of carbonyl (C=O) groups excluding carboxylic acids is 1. The van der Waals surface area contributed by atoms with Gasteiger partial charge >= 0.3 is 0 Å². The molecule has 2 aliphatic rings. The zero-order valence-corrected chi connectivity index (χ0v) is 15.2. The van der Waals surface area contributed by atoms with E-state index in [2.05, 4.69) is 37.6 Å². The van der Waals surface area contributed by atoms with E-state index in [0.29, 0.717) is 11.8 Å². The average Bonchev–Trinajstić information content (AvgIpc) is 2.53. The predicted molar refractivity (Wildman–Crippen MR) is 92.8 cm³/mol. The Morgan fingerprint density at radius 3 is 2.05 bits per heavy atom. The summed E-state index contributed by atoms with van der Waals surface area (Å²) >= 11 is 0. The van der Waals surface area contributed by atoms with Crippen LogP contribution in [0.1, 0.15) is 59.3 Å². The molecule has 1 amide bonds. The highest BCUT2D eigenvalue weighted by Crippen LogP contribution is 2.29. The van der Waals surface area contributed by atoms with Crippen LogP contribution in [0.4, 0.5) is 0 Å². The Balaban J connectivity index is 1.67. The number of nitrogens with zero attached hydrogens (tertiary/aromatic N) is 2. The Hall–Kier alpha value is -0.570. The molecule has 0 aromatic heterocycles. The summed E-state index contributed by atoms with van der Waals surface area (Å²) in [7, 11) is 2.21. The van der Waals surface area contributed by atoms with Crippen LogP contribution in [-0.4, -0.2) is 48.9 Å². The number of amides is 1. The molecule has 128 valence electrons. The number of hydrogen-bond acceptors (Lipinski definition) is 2. The van der Waals surface area contributed by atoms with E-state index in [1.54, 1.807) is 0 Å². The Kier molecular flexibility index (Phi) is 6.73. The second-order valence-corrected chi connectivity index (χ2v) is 8.12. The van der Waals surface area contributed by atoms with Crippen molar-refractivity contribution < 1.29 is 4.79 Å². The van der Waals surface area contributed by atoms with Crippen molar-refractivity contribution in [3.8, 4) is 0 Å². The summed E-state index contributed by atoms with van der Waals surface area (Å²) in [5.74, 6) is 3.52. The normalized spacial score (nSPS) is 24.0. The third-order valence-electron chi connectivity index (χ3n) is 6.22. The molecule has 1 unspecified atom stereocenters. The molecule has 3 nitrogen and oxygen atoms in total. The van der Waals surface area contributed by atoms with Crippen LogP contribution < -0.4 is 0 Å². The minimum atomic E-state index is 0.405. The van der Waals surface area contributed by atoms with Crippen LogP contribution >= 0.6 is 0 Å². The predicted octanol–water partition coefficient (Wildman–Crippen LogP) is 3.64. The summed E-state index contributed by atoms with van der Waals surface area (Å²) in [4.78, 5) is 17.0. The molecule has 0 aliphatic carbocycles. The highest BCUT2D eigenvalue weighted by molar-refractivity contribution is 5.76. The smallest absolute Gasteiger partial charge is 0.222 e. The third kappa shape index (κ3) is 4.97. The van der Waals surface area contributed by atoms with Crippen molar-refractivity contribution in [3.05, 3.63) is 0 Å². The fourth-order valence-electron chi connectivity index (χ4n) is 4.16. The van der Waals surface area contributed by atoms with Gasteiger partial charge in [-0.3, -0.25) is 4.79 Å². The second-order valence-electron chi connectivity index (χ2n) is 8.12. The van der Waals surface area contributed by atoms with Gasteiger partial charge in [-0.05, 0) is 75.9 Å². The van der Waals surface area contributed by atoms with E-state index in [1.807, 2.05) is 0 Å². The van der Waals surface area contributed by atoms with Crippen molar-refractivity contribution in [2.24, 2.45) is 23.7 Å². The van der Waals surface area contributed by atoms with E-state index in [4.69, 9.17) is 0 Å². The number of piperidine rings is 2. The molecule has 0 aromatic carbocycles. The van der Waals surface area contributed by atoms with Gasteiger partial charge < -0.3 is 9.80 Å². The average molecular weight is 309 g/mol. The number of likely N-dealkylation sites (tertiary alicyclic amines) is 2. The lowest BCUT2D eigenvalue weighted by Crippen LogP contribution is -2.39. The number of carbonyl (C=O) groups is 1. The van der Waals surface area contributed by atoms with Crippen molar-refractivity contribution in [1.82, 2.24) is 9.80 Å². The van der Waals surface area contributed by atoms with Gasteiger partial charge in [0.2, 0.25) is 5.91 Å². The molecule has 0 saturated carbocycles. The molecule has 0 bridgehead atoms. The molecular formula is C19H36N2O. The minimum Gasteiger partial charge on any atom is -0.343 e. The van der Waals surface area contributed by atoms with Crippen molar-refractivity contribution in [1.29, 1.82) is 0 Å². The van der Waals surface area contributed by atoms with Gasteiger partial charge in [-0.1, -0.05) is 20.8 Å². The van der Waals surface area contributed by atoms with Crippen LogP contribution in [0.2, 0.25) is 0 Å². The lowest BCUT2D eigenvalue weighted by atomic mass is 9.82. The van der Waals surface area contributed by atoms with E-state index in [9.17, 15) is 4.79 Å². The molecule has 22 heavy (non-hydrogen) atoms. The van der Waals surface area contributed by atoms with Gasteiger partial charge in [-0.25, -0.2) is 0 Å². The van der Waals surface area contributed by atoms with Crippen LogP contribution in [0.15, 0.2) is 0 Å². The van der Waals surface area contributed by atoms with Gasteiger partial charge in [-0.15, -0.1) is 0 Å². The fourth-order valence-corrected chi connectivity index (χ4v) is 4.16. The first-order chi connectivity index (χ1) is 10.5. The first-order valence-corrected chi connectivity index (χ1v) is 9.43. The van der Waals surface area contributed by atoms with Gasteiger partial charge in [0.1, 0.15) is 0 Å². The molecule has 3 heteroatoms. The van der Waals surface area contributed by atoms with Gasteiger partial charge in [0, 0.05) is 19.5 Å². The van der Waals surface area contributed by atoms with Gasteiger partial charge in [-0.2, -0.15) is 0 Å². The largest absolute Gasteiger partial charge is 0.343 e. The summed E-state index contributed by atoms with van der Waals surface area (Å²) in [5.41, 5.74) is 0. The molecule has 0 N–H and O–H groups in total. The maximum atomic E-state index is 12.4. The topological polar surface area (TPSA) is 23.6 Å². The van der Waals surface area contributed by atoms with Gasteiger partial charge in [0.05, 0.1) is 0 Å². The third-order valence-corrected chi connectivity index (χ3v) is 6.22. The van der Waals surface area contributed by atoms with Crippen LogP contribution in [0.5, 0.6) is 0 Å². The van der Waals surface area contributed by atoms with Crippen LogP contribution in [0.25, 0.3) is 0 Å². The van der Waals surface area contributed by atoms with Crippen LogP contribution in [0, 0.1) is 23.7 Å². The molecule has 1 atom stereocenters. The monoisotopic (exact) mass is 308 g/mol. The molecule has 2 fully saturated rings. The molecule has 2 saturated heterocycles. The van der Waals surface area contributed by atoms with Crippen molar-refractivity contribution >= 4 is 5.91 Å². The number of rotatable bonds is 5. The molecular weight excluding hydrogens is 272 g/mol. The van der Waals surface area contributed by atoms with E-state index in [-0.39, 0.29) is 0 Å². The maximum Gasteiger partial charge on any atom is 0.222 e. The molecule has 0 spiro atoms. The Labute approximate surface area is 137 Å². The van der Waals surface area contributed by atoms with E-state index >= 15 is 0 Å². The van der Waals surface area contributed by atoms with E-state index in [0.717, 1.165) is 43.7 Å². The molecule has 2 aliphatic heterocycles. The van der Waals surface area contributed by atoms with Crippen molar-refractivity contribution in [2.75, 3.05) is 33.2 Å². The lowest BCUT2D eigenvalue weighted by Gasteiger charge is -2.35. The van der Waals surface area contributed by atoms with Gasteiger partial charge in [0.25, 0.3) is 0 Å².